The van der Waals surface area contributed by atoms with Gasteiger partial charge in [0.15, 0.2) is 0 Å². The standard InChI is InChI=1S/C21H20ClN2SSe.HI/c1-3-23-16-8-5-6-9-18(16)25-20(23)10-7-11-21-24(4-2)17-14-15(22)12-13-19(17)26-21;/h5-14H,3-4H2,1-2H3;1H/q+1;/p-1. The van der Waals surface area contributed by atoms with Gasteiger partial charge in [-0.3, -0.25) is 0 Å². The van der Waals surface area contributed by atoms with Crippen LogP contribution in [0.3, 0.4) is 0 Å². The van der Waals surface area contributed by atoms with Crippen molar-refractivity contribution >= 4 is 59.4 Å². The van der Waals surface area contributed by atoms with Crippen LogP contribution in [-0.2, 0) is 6.54 Å². The van der Waals surface area contributed by atoms with Gasteiger partial charge in [-0.15, -0.1) is 0 Å². The summed E-state index contributed by atoms with van der Waals surface area (Å²) in [6.45, 7) is 6.34. The Balaban J connectivity index is 0.00000210. The number of hydrogen-bond acceptors (Lipinski definition) is 2. The van der Waals surface area contributed by atoms with E-state index in [0.717, 1.165) is 18.1 Å². The Morgan fingerprint density at radius 3 is 2.74 bits per heavy atom. The maximum Gasteiger partial charge on any atom is -1.00 e. The van der Waals surface area contributed by atoms with Crippen molar-refractivity contribution in [3.8, 4) is 0 Å². The Kier molecular flexibility index (Phi) is 7.14. The molecule has 1 aliphatic rings. The Morgan fingerprint density at radius 1 is 1.15 bits per heavy atom. The van der Waals surface area contributed by atoms with E-state index in [1.165, 1.54) is 30.0 Å². The monoisotopic (exact) mass is 574 g/mol. The van der Waals surface area contributed by atoms with Crippen molar-refractivity contribution in [2.75, 3.05) is 11.4 Å². The molecule has 3 aromatic rings. The van der Waals surface area contributed by atoms with Crippen LogP contribution in [0.2, 0.25) is 5.02 Å². The molecule has 2 nitrogen and oxygen atoms in total. The van der Waals surface area contributed by atoms with Gasteiger partial charge in [-0.25, -0.2) is 0 Å². The minimum absolute atomic E-state index is 0. The fourth-order valence-electron chi connectivity index (χ4n) is 3.24. The first-order valence-electron chi connectivity index (χ1n) is 8.76. The van der Waals surface area contributed by atoms with E-state index in [1.54, 1.807) is 0 Å². The second-order valence-electron chi connectivity index (χ2n) is 5.97. The quantitative estimate of drug-likeness (QED) is 0.269. The molecule has 0 saturated heterocycles. The molecule has 2 heterocycles. The zero-order chi connectivity index (χ0) is 18.1. The van der Waals surface area contributed by atoms with Gasteiger partial charge < -0.3 is 24.0 Å². The average Bonchev–Trinajstić information content (AvgIpc) is 3.18. The van der Waals surface area contributed by atoms with Crippen LogP contribution >= 0.6 is 23.4 Å². The number of aryl methyl sites for hydroxylation is 1. The van der Waals surface area contributed by atoms with Crippen LogP contribution < -0.4 is 28.9 Å². The molecule has 0 radical (unpaired) electrons. The van der Waals surface area contributed by atoms with Gasteiger partial charge in [0.25, 0.3) is 0 Å². The maximum atomic E-state index is 6.20. The van der Waals surface area contributed by atoms with Crippen molar-refractivity contribution < 1.29 is 24.0 Å². The van der Waals surface area contributed by atoms with Gasteiger partial charge in [0.05, 0.1) is 0 Å². The normalized spacial score (nSPS) is 14.9. The van der Waals surface area contributed by atoms with Crippen molar-refractivity contribution in [3.05, 3.63) is 69.2 Å². The molecule has 0 N–H and O–H groups in total. The number of benzene rings is 2. The van der Waals surface area contributed by atoms with Crippen LogP contribution in [0.15, 0.2) is 64.5 Å². The summed E-state index contributed by atoms with van der Waals surface area (Å²) in [6, 6.07) is 14.9. The topological polar surface area (TPSA) is 8.17 Å². The average molecular weight is 574 g/mol. The molecule has 2 aromatic carbocycles. The molecular formula is C21H20ClIN2SSe. The number of aromatic nitrogens is 1. The summed E-state index contributed by atoms with van der Waals surface area (Å²) in [7, 11) is 0. The molecule has 140 valence electrons. The van der Waals surface area contributed by atoms with Crippen molar-refractivity contribution in [2.45, 2.75) is 25.3 Å². The molecule has 0 fully saturated rings. The van der Waals surface area contributed by atoms with Crippen molar-refractivity contribution in [3.63, 3.8) is 0 Å². The Bertz CT molecular complexity index is 1030. The number of allylic oxidation sites excluding steroid dienone is 2. The number of rotatable bonds is 4. The van der Waals surface area contributed by atoms with Crippen LogP contribution in [0.25, 0.3) is 15.9 Å². The Morgan fingerprint density at radius 2 is 1.96 bits per heavy atom. The van der Waals surface area contributed by atoms with Gasteiger partial charge in [0, 0.05) is 0 Å². The molecule has 0 atom stereocenters. The molecule has 0 bridgehead atoms. The molecule has 0 saturated carbocycles. The third-order valence-corrected chi connectivity index (χ3v) is 8.18. The van der Waals surface area contributed by atoms with Gasteiger partial charge in [-0.1, -0.05) is 0 Å². The van der Waals surface area contributed by atoms with Crippen LogP contribution in [0.1, 0.15) is 18.4 Å². The van der Waals surface area contributed by atoms with Gasteiger partial charge in [0.2, 0.25) is 0 Å². The van der Waals surface area contributed by atoms with Crippen molar-refractivity contribution in [1.82, 2.24) is 4.57 Å². The van der Waals surface area contributed by atoms with E-state index < -0.39 is 0 Å². The summed E-state index contributed by atoms with van der Waals surface area (Å²) in [6.07, 6.45) is 6.70. The van der Waals surface area contributed by atoms with Gasteiger partial charge in [0.1, 0.15) is 0 Å². The van der Waals surface area contributed by atoms with E-state index >= 15 is 0 Å². The fraction of sp³-hybridized carbons (Fsp3) is 0.190. The van der Waals surface area contributed by atoms with Crippen LogP contribution in [0.4, 0.5) is 5.69 Å². The predicted molar refractivity (Wildman–Crippen MR) is 116 cm³/mol. The smallest absolute Gasteiger partial charge is 1.00 e. The molecule has 1 aliphatic heterocycles. The summed E-state index contributed by atoms with van der Waals surface area (Å²) in [4.78, 5) is 3.71. The maximum absolute atomic E-state index is 6.20. The zero-order valence-corrected chi connectivity index (χ0v) is 20.6. The van der Waals surface area contributed by atoms with E-state index in [1.807, 2.05) is 17.8 Å². The van der Waals surface area contributed by atoms with Crippen LogP contribution in [0.5, 0.6) is 0 Å². The third-order valence-electron chi connectivity index (χ3n) is 4.44. The second kappa shape index (κ2) is 9.19. The number of fused-ring (bicyclic) bond motifs is 2. The van der Waals surface area contributed by atoms with Gasteiger partial charge in [-0.2, -0.15) is 0 Å². The van der Waals surface area contributed by atoms with Crippen LogP contribution in [-0.4, -0.2) is 25.6 Å². The number of nitrogens with zero attached hydrogens (tertiary/aromatic N) is 2. The first-order chi connectivity index (χ1) is 12.7. The SMILES string of the molecule is CCN1C(=CC=C[c+]2[se]c3ccc(Cl)cc3n2CC)Sc2ccccc21.[I-]. The van der Waals surface area contributed by atoms with E-state index in [9.17, 15) is 0 Å². The summed E-state index contributed by atoms with van der Waals surface area (Å²) >= 11 is 8.38. The Labute approximate surface area is 192 Å². The zero-order valence-electron chi connectivity index (χ0n) is 15.2. The van der Waals surface area contributed by atoms with Crippen molar-refractivity contribution in [1.29, 1.82) is 0 Å². The molecular weight excluding hydrogens is 554 g/mol. The summed E-state index contributed by atoms with van der Waals surface area (Å²) in [5.41, 5.74) is 2.58. The van der Waals surface area contributed by atoms with Crippen LogP contribution in [0, 0.1) is 0 Å². The first kappa shape index (κ1) is 21.0. The molecule has 0 spiro atoms. The number of hydrogen-bond donors (Lipinski definition) is 0. The molecule has 4 rings (SSSR count). The third kappa shape index (κ3) is 4.18. The second-order valence-corrected chi connectivity index (χ2v) is 9.70. The van der Waals surface area contributed by atoms with E-state index in [2.05, 4.69) is 77.9 Å². The molecule has 1 aromatic heterocycles. The van der Waals surface area contributed by atoms with Gasteiger partial charge in [-0.05, 0) is 0 Å². The number of thioether (sulfide) groups is 1. The molecule has 0 aliphatic carbocycles. The van der Waals surface area contributed by atoms with E-state index in [-0.39, 0.29) is 24.0 Å². The Hall–Kier alpha value is -0.721. The largest absolute Gasteiger partial charge is 1.00 e. The minimum atomic E-state index is 0. The van der Waals surface area contributed by atoms with Gasteiger partial charge >= 0.3 is 170 Å². The fourth-order valence-corrected chi connectivity index (χ4v) is 6.89. The van der Waals surface area contributed by atoms with E-state index in [0.29, 0.717) is 14.5 Å². The molecule has 6 heteroatoms. The molecule has 0 unspecified atom stereocenters. The number of anilines is 1. The minimum Gasteiger partial charge on any atom is -1.00 e. The number of halogens is 2. The van der Waals surface area contributed by atoms with E-state index in [4.69, 9.17) is 11.6 Å². The number of para-hydroxylation sites is 1. The summed E-state index contributed by atoms with van der Waals surface area (Å²) < 4.78 is 5.18. The molecule has 27 heavy (non-hydrogen) atoms. The summed E-state index contributed by atoms with van der Waals surface area (Å²) in [5.74, 6) is 0. The predicted octanol–water partition coefficient (Wildman–Crippen LogP) is 3.14. The first-order valence-corrected chi connectivity index (χ1v) is 11.7. The molecule has 0 amide bonds. The summed E-state index contributed by atoms with van der Waals surface area (Å²) in [5, 5.41) is 2.10. The van der Waals surface area contributed by atoms with Crippen molar-refractivity contribution in [2.24, 2.45) is 0 Å².